The molecule has 0 aliphatic heterocycles. The standard InChI is InChI=1S/C9H15NO5.C8H13NO4/c1-4-14-8(12)6(7(11)10-3)9(13)15-5-2;1-4-13-8(12)6(5(2)10)7(11)9-3/h6H,4-5H2,1-3H3,(H,10,11);6H,4H2,1-3H3,(H,9,11). The Morgan fingerprint density at radius 3 is 1.18 bits per heavy atom. The predicted molar refractivity (Wildman–Crippen MR) is 95.7 cm³/mol. The number of carbonyl (C=O) groups excluding carboxylic acids is 6. The van der Waals surface area contributed by atoms with Gasteiger partial charge in [-0.1, -0.05) is 0 Å². The minimum Gasteiger partial charge on any atom is -0.465 e. The fourth-order valence-corrected chi connectivity index (χ4v) is 1.73. The third kappa shape index (κ3) is 9.64. The van der Waals surface area contributed by atoms with Crippen molar-refractivity contribution in [2.45, 2.75) is 27.7 Å². The number of hydrogen-bond acceptors (Lipinski definition) is 9. The second-order valence-electron chi connectivity index (χ2n) is 4.96. The van der Waals surface area contributed by atoms with E-state index < -0.39 is 47.3 Å². The Morgan fingerprint density at radius 1 is 0.643 bits per heavy atom. The lowest BCUT2D eigenvalue weighted by Gasteiger charge is -2.12. The second-order valence-corrected chi connectivity index (χ2v) is 4.96. The first-order valence-electron chi connectivity index (χ1n) is 8.56. The van der Waals surface area contributed by atoms with Gasteiger partial charge in [0.25, 0.3) is 0 Å². The van der Waals surface area contributed by atoms with Crippen LogP contribution in [0.2, 0.25) is 0 Å². The van der Waals surface area contributed by atoms with E-state index in [0.29, 0.717) is 0 Å². The molecule has 0 saturated heterocycles. The first kappa shape index (κ1) is 27.2. The van der Waals surface area contributed by atoms with Gasteiger partial charge in [-0.3, -0.25) is 28.8 Å². The molecule has 0 saturated carbocycles. The van der Waals surface area contributed by atoms with Crippen LogP contribution in [0.5, 0.6) is 0 Å². The van der Waals surface area contributed by atoms with Crippen LogP contribution in [0, 0.1) is 11.8 Å². The van der Waals surface area contributed by atoms with Crippen molar-refractivity contribution in [2.75, 3.05) is 33.9 Å². The molecule has 11 heteroatoms. The molecular formula is C17H28N2O9. The van der Waals surface area contributed by atoms with Crippen LogP contribution >= 0.6 is 0 Å². The molecule has 11 nitrogen and oxygen atoms in total. The lowest BCUT2D eigenvalue weighted by atomic mass is 10.1. The van der Waals surface area contributed by atoms with Gasteiger partial charge in [-0.2, -0.15) is 0 Å². The number of ketones is 1. The summed E-state index contributed by atoms with van der Waals surface area (Å²) in [5, 5.41) is 4.43. The zero-order valence-electron chi connectivity index (χ0n) is 17.0. The van der Waals surface area contributed by atoms with Crippen molar-refractivity contribution >= 4 is 35.5 Å². The van der Waals surface area contributed by atoms with Gasteiger partial charge in [0.2, 0.25) is 17.7 Å². The molecular weight excluding hydrogens is 376 g/mol. The summed E-state index contributed by atoms with van der Waals surface area (Å²) in [6, 6.07) is 0. The van der Waals surface area contributed by atoms with Crippen molar-refractivity contribution in [2.24, 2.45) is 11.8 Å². The molecule has 0 aromatic rings. The molecule has 0 fully saturated rings. The molecule has 0 aliphatic carbocycles. The van der Waals surface area contributed by atoms with Crippen molar-refractivity contribution in [1.82, 2.24) is 10.6 Å². The van der Waals surface area contributed by atoms with Gasteiger partial charge in [-0.15, -0.1) is 0 Å². The maximum Gasteiger partial charge on any atom is 0.330 e. The number of carbonyl (C=O) groups is 6. The van der Waals surface area contributed by atoms with Crippen LogP contribution in [0.4, 0.5) is 0 Å². The molecule has 0 heterocycles. The second kappa shape index (κ2) is 15.1. The highest BCUT2D eigenvalue weighted by Crippen LogP contribution is 2.04. The van der Waals surface area contributed by atoms with E-state index in [1.165, 1.54) is 21.0 Å². The SMILES string of the molecule is CCOC(=O)C(C(=O)NC)C(=O)OCC.CCOC(=O)C(C(C)=O)C(=O)NC. The molecule has 1 unspecified atom stereocenters. The Kier molecular flexibility index (Phi) is 14.7. The topological polar surface area (TPSA) is 154 Å². The number of ether oxygens (including phenoxy) is 3. The Bertz CT molecular complexity index is 557. The maximum atomic E-state index is 11.3. The first-order valence-corrected chi connectivity index (χ1v) is 8.56. The Hall–Kier alpha value is -2.98. The van der Waals surface area contributed by atoms with Gasteiger partial charge < -0.3 is 24.8 Å². The largest absolute Gasteiger partial charge is 0.465 e. The Balaban J connectivity index is 0. The van der Waals surface area contributed by atoms with E-state index in [1.807, 2.05) is 0 Å². The lowest BCUT2D eigenvalue weighted by Crippen LogP contribution is -2.40. The van der Waals surface area contributed by atoms with E-state index in [2.05, 4.69) is 24.8 Å². The molecule has 0 aromatic heterocycles. The van der Waals surface area contributed by atoms with Crippen molar-refractivity contribution in [3.05, 3.63) is 0 Å². The smallest absolute Gasteiger partial charge is 0.330 e. The van der Waals surface area contributed by atoms with Gasteiger partial charge in [-0.05, 0) is 27.7 Å². The van der Waals surface area contributed by atoms with Gasteiger partial charge in [0, 0.05) is 14.1 Å². The van der Waals surface area contributed by atoms with Crippen molar-refractivity contribution < 1.29 is 43.0 Å². The summed E-state index contributed by atoms with van der Waals surface area (Å²) in [6.45, 7) is 6.32. The molecule has 0 bridgehead atoms. The summed E-state index contributed by atoms with van der Waals surface area (Å²) < 4.78 is 13.8. The van der Waals surface area contributed by atoms with Crippen molar-refractivity contribution in [3.8, 4) is 0 Å². The average Bonchev–Trinajstić information content (AvgIpc) is 2.62. The van der Waals surface area contributed by atoms with Crippen molar-refractivity contribution in [3.63, 3.8) is 0 Å². The van der Waals surface area contributed by atoms with Crippen LogP contribution < -0.4 is 10.6 Å². The molecule has 0 rings (SSSR count). The zero-order valence-corrected chi connectivity index (χ0v) is 17.0. The van der Waals surface area contributed by atoms with Crippen LogP contribution in [0.1, 0.15) is 27.7 Å². The summed E-state index contributed by atoms with van der Waals surface area (Å²) in [4.78, 5) is 66.8. The monoisotopic (exact) mass is 404 g/mol. The molecule has 160 valence electrons. The van der Waals surface area contributed by atoms with Gasteiger partial charge >= 0.3 is 17.9 Å². The number of amides is 2. The van der Waals surface area contributed by atoms with E-state index in [1.54, 1.807) is 20.8 Å². The van der Waals surface area contributed by atoms with E-state index in [-0.39, 0.29) is 19.8 Å². The highest BCUT2D eigenvalue weighted by molar-refractivity contribution is 6.16. The minimum absolute atomic E-state index is 0.103. The predicted octanol–water partition coefficient (Wildman–Crippen LogP) is -1.02. The van der Waals surface area contributed by atoms with Crippen LogP contribution in [-0.2, 0) is 43.0 Å². The summed E-state index contributed by atoms with van der Waals surface area (Å²) in [7, 11) is 2.69. The highest BCUT2D eigenvalue weighted by Gasteiger charge is 2.36. The number of esters is 3. The van der Waals surface area contributed by atoms with Crippen LogP contribution in [0.15, 0.2) is 0 Å². The number of nitrogens with one attached hydrogen (secondary N) is 2. The van der Waals surface area contributed by atoms with E-state index in [9.17, 15) is 28.8 Å². The maximum absolute atomic E-state index is 11.3. The quantitative estimate of drug-likeness (QED) is 0.279. The van der Waals surface area contributed by atoms with Gasteiger partial charge in [0.05, 0.1) is 19.8 Å². The van der Waals surface area contributed by atoms with Crippen LogP contribution in [0.25, 0.3) is 0 Å². The molecule has 0 radical (unpaired) electrons. The third-order valence-corrected chi connectivity index (χ3v) is 2.99. The van der Waals surface area contributed by atoms with Crippen LogP contribution in [-0.4, -0.2) is 69.4 Å². The van der Waals surface area contributed by atoms with E-state index in [0.717, 1.165) is 0 Å². The Morgan fingerprint density at radius 2 is 0.929 bits per heavy atom. The summed E-state index contributed by atoms with van der Waals surface area (Å²) in [6.07, 6.45) is 0. The van der Waals surface area contributed by atoms with E-state index in [4.69, 9.17) is 0 Å². The molecule has 1 atom stereocenters. The molecule has 0 aliphatic rings. The molecule has 0 aromatic carbocycles. The van der Waals surface area contributed by atoms with Gasteiger partial charge in [-0.25, -0.2) is 0 Å². The van der Waals surface area contributed by atoms with E-state index >= 15 is 0 Å². The molecule has 28 heavy (non-hydrogen) atoms. The zero-order chi connectivity index (χ0) is 22.3. The summed E-state index contributed by atoms with van der Waals surface area (Å²) in [5.74, 6) is -7.32. The van der Waals surface area contributed by atoms with Crippen molar-refractivity contribution in [1.29, 1.82) is 0 Å². The minimum atomic E-state index is -1.53. The van der Waals surface area contributed by atoms with Gasteiger partial charge in [0.1, 0.15) is 0 Å². The number of Topliss-reactive ketones (excluding diaryl/α,β-unsaturated/α-hetero) is 1. The lowest BCUT2D eigenvalue weighted by molar-refractivity contribution is -0.165. The normalized spacial score (nSPS) is 10.5. The molecule has 2 amide bonds. The summed E-state index contributed by atoms with van der Waals surface area (Å²) in [5.41, 5.74) is 0. The van der Waals surface area contributed by atoms with Crippen LogP contribution in [0.3, 0.4) is 0 Å². The summed E-state index contributed by atoms with van der Waals surface area (Å²) >= 11 is 0. The fourth-order valence-electron chi connectivity index (χ4n) is 1.73. The van der Waals surface area contributed by atoms with Gasteiger partial charge in [0.15, 0.2) is 11.7 Å². The molecule has 2 N–H and O–H groups in total. The highest BCUT2D eigenvalue weighted by atomic mass is 16.6. The molecule has 0 spiro atoms. The Labute approximate surface area is 163 Å². The number of rotatable bonds is 9. The number of hydrogen-bond donors (Lipinski definition) is 2. The fraction of sp³-hybridized carbons (Fsp3) is 0.647. The average molecular weight is 404 g/mol. The third-order valence-electron chi connectivity index (χ3n) is 2.99. The first-order chi connectivity index (χ1) is 13.1.